The van der Waals surface area contributed by atoms with Crippen molar-refractivity contribution >= 4 is 17.5 Å². The topological polar surface area (TPSA) is 108 Å². The molecule has 0 aromatic heterocycles. The van der Waals surface area contributed by atoms with Gasteiger partial charge in [-0.05, 0) is 42.2 Å². The SMILES string of the molecule is NN/C(=C\NCc1ccc(F)cc1)C(=O)N[C@H]1CCc2ccccc2NC1=O. The van der Waals surface area contributed by atoms with E-state index in [1.807, 2.05) is 24.3 Å². The molecule has 1 aliphatic rings. The minimum Gasteiger partial charge on any atom is -0.385 e. The lowest BCUT2D eigenvalue weighted by Gasteiger charge is -2.16. The van der Waals surface area contributed by atoms with Crippen molar-refractivity contribution in [3.63, 3.8) is 0 Å². The number of carbonyl (C=O) groups is 2. The maximum atomic E-state index is 12.9. The molecule has 0 bridgehead atoms. The predicted molar refractivity (Wildman–Crippen MR) is 104 cm³/mol. The maximum Gasteiger partial charge on any atom is 0.270 e. The molecule has 0 radical (unpaired) electrons. The van der Waals surface area contributed by atoms with Crippen LogP contribution in [-0.2, 0) is 22.6 Å². The molecule has 1 atom stereocenters. The Hall–Kier alpha value is -3.39. The van der Waals surface area contributed by atoms with Crippen molar-refractivity contribution in [2.45, 2.75) is 25.4 Å². The van der Waals surface area contributed by atoms with Crippen LogP contribution in [0.15, 0.2) is 60.4 Å². The number of nitrogens with two attached hydrogens (primary N) is 1. The summed E-state index contributed by atoms with van der Waals surface area (Å²) in [5.41, 5.74) is 5.04. The average molecular weight is 383 g/mol. The molecule has 0 fully saturated rings. The standard InChI is InChI=1S/C20H22FN5O2/c21-15-8-5-13(6-9-15)11-23-12-18(26-22)20(28)25-17-10-7-14-3-1-2-4-16(14)24-19(17)27/h1-6,8-9,12,17,23,26H,7,10-11,22H2,(H,24,27)(H,25,28)/b18-12-/t17-/m0/s1. The molecule has 2 aromatic carbocycles. The molecule has 0 spiro atoms. The number of hydrazine groups is 1. The summed E-state index contributed by atoms with van der Waals surface area (Å²) in [4.78, 5) is 24.9. The van der Waals surface area contributed by atoms with Crippen molar-refractivity contribution in [1.29, 1.82) is 0 Å². The number of hydrogen-bond acceptors (Lipinski definition) is 5. The van der Waals surface area contributed by atoms with Crippen molar-refractivity contribution in [3.8, 4) is 0 Å². The number of anilines is 1. The van der Waals surface area contributed by atoms with Crippen LogP contribution in [0.2, 0.25) is 0 Å². The third-order valence-electron chi connectivity index (χ3n) is 4.47. The van der Waals surface area contributed by atoms with E-state index in [1.54, 1.807) is 12.1 Å². The Morgan fingerprint density at radius 3 is 2.71 bits per heavy atom. The van der Waals surface area contributed by atoms with Crippen molar-refractivity contribution in [2.75, 3.05) is 5.32 Å². The van der Waals surface area contributed by atoms with E-state index in [0.717, 1.165) is 16.8 Å². The van der Waals surface area contributed by atoms with Gasteiger partial charge in [-0.15, -0.1) is 0 Å². The molecule has 146 valence electrons. The van der Waals surface area contributed by atoms with E-state index in [2.05, 4.69) is 21.4 Å². The largest absolute Gasteiger partial charge is 0.385 e. The normalized spacial score (nSPS) is 16.4. The van der Waals surface area contributed by atoms with E-state index < -0.39 is 11.9 Å². The monoisotopic (exact) mass is 383 g/mol. The minimum atomic E-state index is -0.672. The third-order valence-corrected chi connectivity index (χ3v) is 4.47. The van der Waals surface area contributed by atoms with Crippen LogP contribution in [0.1, 0.15) is 17.5 Å². The number of para-hydroxylation sites is 1. The Bertz CT molecular complexity index is 882. The summed E-state index contributed by atoms with van der Waals surface area (Å²) < 4.78 is 12.9. The van der Waals surface area contributed by atoms with E-state index in [1.165, 1.54) is 18.3 Å². The molecular weight excluding hydrogens is 361 g/mol. The second-order valence-electron chi connectivity index (χ2n) is 6.42. The predicted octanol–water partition coefficient (Wildman–Crippen LogP) is 1.29. The number of rotatable bonds is 6. The molecule has 0 saturated heterocycles. The van der Waals surface area contributed by atoms with Crippen LogP contribution in [0.5, 0.6) is 0 Å². The smallest absolute Gasteiger partial charge is 0.270 e. The highest BCUT2D eigenvalue weighted by Gasteiger charge is 2.25. The van der Waals surface area contributed by atoms with Gasteiger partial charge in [-0.25, -0.2) is 4.39 Å². The first-order chi connectivity index (χ1) is 13.6. The zero-order valence-electron chi connectivity index (χ0n) is 15.2. The molecule has 28 heavy (non-hydrogen) atoms. The van der Waals surface area contributed by atoms with Crippen LogP contribution in [0.3, 0.4) is 0 Å². The molecule has 1 aliphatic heterocycles. The molecule has 7 nitrogen and oxygen atoms in total. The van der Waals surface area contributed by atoms with Crippen LogP contribution >= 0.6 is 0 Å². The van der Waals surface area contributed by atoms with Gasteiger partial charge in [0, 0.05) is 18.4 Å². The summed E-state index contributed by atoms with van der Waals surface area (Å²) >= 11 is 0. The molecular formula is C20H22FN5O2. The van der Waals surface area contributed by atoms with Gasteiger partial charge < -0.3 is 21.4 Å². The summed E-state index contributed by atoms with van der Waals surface area (Å²) in [5.74, 6) is 4.36. The first-order valence-electron chi connectivity index (χ1n) is 8.91. The van der Waals surface area contributed by atoms with Crippen LogP contribution in [0, 0.1) is 5.82 Å². The number of fused-ring (bicyclic) bond motifs is 1. The molecule has 6 N–H and O–H groups in total. The van der Waals surface area contributed by atoms with Gasteiger partial charge in [0.1, 0.15) is 17.6 Å². The van der Waals surface area contributed by atoms with E-state index in [4.69, 9.17) is 5.84 Å². The van der Waals surface area contributed by atoms with E-state index in [0.29, 0.717) is 19.4 Å². The number of halogens is 1. The highest BCUT2D eigenvalue weighted by atomic mass is 19.1. The number of nitrogens with one attached hydrogen (secondary N) is 4. The first-order valence-corrected chi connectivity index (χ1v) is 8.91. The molecule has 0 saturated carbocycles. The van der Waals surface area contributed by atoms with Gasteiger partial charge in [-0.3, -0.25) is 15.4 Å². The zero-order valence-corrected chi connectivity index (χ0v) is 15.2. The van der Waals surface area contributed by atoms with Crippen molar-refractivity contribution in [1.82, 2.24) is 16.1 Å². The number of hydrogen-bond donors (Lipinski definition) is 5. The van der Waals surface area contributed by atoms with Crippen LogP contribution in [-0.4, -0.2) is 17.9 Å². The number of benzene rings is 2. The molecule has 8 heteroatoms. The molecule has 2 amide bonds. The first kappa shape index (κ1) is 19.4. The molecule has 0 unspecified atom stereocenters. The van der Waals surface area contributed by atoms with Gasteiger partial charge in [-0.1, -0.05) is 30.3 Å². The fraction of sp³-hybridized carbons (Fsp3) is 0.200. The van der Waals surface area contributed by atoms with Gasteiger partial charge in [-0.2, -0.15) is 0 Å². The summed E-state index contributed by atoms with van der Waals surface area (Å²) in [5, 5.41) is 8.47. The summed E-state index contributed by atoms with van der Waals surface area (Å²) in [6.45, 7) is 0.387. The van der Waals surface area contributed by atoms with Crippen molar-refractivity contribution in [2.24, 2.45) is 5.84 Å². The number of aryl methyl sites for hydroxylation is 1. The highest BCUT2D eigenvalue weighted by molar-refractivity contribution is 6.01. The van der Waals surface area contributed by atoms with Gasteiger partial charge in [0.05, 0.1) is 0 Å². The van der Waals surface area contributed by atoms with Gasteiger partial charge in [0.2, 0.25) is 5.91 Å². The van der Waals surface area contributed by atoms with Crippen molar-refractivity contribution < 1.29 is 14.0 Å². The van der Waals surface area contributed by atoms with Crippen molar-refractivity contribution in [3.05, 3.63) is 77.4 Å². The molecule has 0 aliphatic carbocycles. The highest BCUT2D eigenvalue weighted by Crippen LogP contribution is 2.21. The summed E-state index contributed by atoms with van der Waals surface area (Å²) in [6.07, 6.45) is 2.56. The minimum absolute atomic E-state index is 0.0803. The molecule has 3 rings (SSSR count). The van der Waals surface area contributed by atoms with Crippen LogP contribution in [0.4, 0.5) is 10.1 Å². The fourth-order valence-corrected chi connectivity index (χ4v) is 2.93. The van der Waals surface area contributed by atoms with Crippen LogP contribution < -0.4 is 27.2 Å². The Morgan fingerprint density at radius 1 is 1.21 bits per heavy atom. The third kappa shape index (κ3) is 4.86. The van der Waals surface area contributed by atoms with Gasteiger partial charge >= 0.3 is 0 Å². The zero-order chi connectivity index (χ0) is 19.9. The van der Waals surface area contributed by atoms with Crippen LogP contribution in [0.25, 0.3) is 0 Å². The second kappa shape index (κ2) is 9.01. The summed E-state index contributed by atoms with van der Waals surface area (Å²) in [7, 11) is 0. The Morgan fingerprint density at radius 2 is 1.96 bits per heavy atom. The lowest BCUT2D eigenvalue weighted by atomic mass is 10.1. The van der Waals surface area contributed by atoms with Gasteiger partial charge in [0.15, 0.2) is 0 Å². The Labute approximate surface area is 162 Å². The summed E-state index contributed by atoms with van der Waals surface area (Å²) in [6, 6.07) is 12.9. The fourth-order valence-electron chi connectivity index (χ4n) is 2.93. The molecule has 1 heterocycles. The average Bonchev–Trinajstić information content (AvgIpc) is 2.85. The van der Waals surface area contributed by atoms with E-state index in [9.17, 15) is 14.0 Å². The molecule has 2 aromatic rings. The lowest BCUT2D eigenvalue weighted by molar-refractivity contribution is -0.124. The maximum absolute atomic E-state index is 12.9. The number of amides is 2. The van der Waals surface area contributed by atoms with E-state index in [-0.39, 0.29) is 17.4 Å². The lowest BCUT2D eigenvalue weighted by Crippen LogP contribution is -2.46. The number of carbonyl (C=O) groups excluding carboxylic acids is 2. The second-order valence-corrected chi connectivity index (χ2v) is 6.42. The quantitative estimate of drug-likeness (QED) is 0.293. The van der Waals surface area contributed by atoms with Gasteiger partial charge in [0.25, 0.3) is 5.91 Å². The Balaban J connectivity index is 1.58. The Kier molecular flexibility index (Phi) is 6.23. The van der Waals surface area contributed by atoms with E-state index >= 15 is 0 Å².